The van der Waals surface area contributed by atoms with Crippen molar-refractivity contribution in [2.45, 2.75) is 13.3 Å². The highest BCUT2D eigenvalue weighted by molar-refractivity contribution is 5.96. The minimum atomic E-state index is -0.0215. The lowest BCUT2D eigenvalue weighted by Crippen LogP contribution is -2.04. The molecule has 1 aromatic carbocycles. The molecule has 0 aliphatic heterocycles. The Bertz CT molecular complexity index is 360. The molecule has 88 valence electrons. The summed E-state index contributed by atoms with van der Waals surface area (Å²) in [6.45, 7) is 2.90. The highest BCUT2D eigenvalue weighted by Crippen LogP contribution is 2.26. The van der Waals surface area contributed by atoms with Crippen LogP contribution in [0.25, 0.3) is 0 Å². The lowest BCUT2D eigenvalue weighted by molar-refractivity contribution is 0.0895. The number of Topliss-reactive ketones (excluding diaryl/α,β-unsaturated/α-hetero) is 1. The predicted molar refractivity (Wildman–Crippen MR) is 60.1 cm³/mol. The van der Waals surface area contributed by atoms with E-state index in [4.69, 9.17) is 9.47 Å². The number of ether oxygens (including phenoxy) is 2. The SMILES string of the molecule is CCOCCC(=O)c1ccc(O)c(OC)c1. The van der Waals surface area contributed by atoms with E-state index in [0.717, 1.165) is 0 Å². The van der Waals surface area contributed by atoms with Gasteiger partial charge < -0.3 is 14.6 Å². The Kier molecular flexibility index (Phi) is 4.79. The van der Waals surface area contributed by atoms with Crippen LogP contribution in [0.4, 0.5) is 0 Å². The van der Waals surface area contributed by atoms with Crippen LogP contribution in [-0.2, 0) is 4.74 Å². The quantitative estimate of drug-likeness (QED) is 0.593. The average molecular weight is 224 g/mol. The van der Waals surface area contributed by atoms with Crippen molar-refractivity contribution < 1.29 is 19.4 Å². The average Bonchev–Trinajstić information content (AvgIpc) is 2.30. The molecule has 0 radical (unpaired) electrons. The van der Waals surface area contributed by atoms with Crippen LogP contribution >= 0.6 is 0 Å². The van der Waals surface area contributed by atoms with Gasteiger partial charge in [0.2, 0.25) is 0 Å². The van der Waals surface area contributed by atoms with Crippen molar-refractivity contribution in [3.05, 3.63) is 23.8 Å². The first kappa shape index (κ1) is 12.5. The van der Waals surface area contributed by atoms with E-state index in [-0.39, 0.29) is 11.5 Å². The topological polar surface area (TPSA) is 55.8 Å². The number of phenolic OH excluding ortho intramolecular Hbond substituents is 1. The molecule has 0 bridgehead atoms. The van der Waals surface area contributed by atoms with Gasteiger partial charge in [-0.25, -0.2) is 0 Å². The van der Waals surface area contributed by atoms with Crippen LogP contribution in [0.1, 0.15) is 23.7 Å². The van der Waals surface area contributed by atoms with E-state index >= 15 is 0 Å². The molecule has 0 aliphatic carbocycles. The van der Waals surface area contributed by atoms with Crippen molar-refractivity contribution >= 4 is 5.78 Å². The van der Waals surface area contributed by atoms with Gasteiger partial charge in [-0.1, -0.05) is 0 Å². The number of carbonyl (C=O) groups is 1. The summed E-state index contributed by atoms with van der Waals surface area (Å²) in [4.78, 5) is 11.7. The molecule has 0 unspecified atom stereocenters. The molecule has 0 spiro atoms. The summed E-state index contributed by atoms with van der Waals surface area (Å²) in [6, 6.07) is 4.56. The van der Waals surface area contributed by atoms with Crippen molar-refractivity contribution in [3.63, 3.8) is 0 Å². The number of rotatable bonds is 6. The van der Waals surface area contributed by atoms with E-state index in [9.17, 15) is 9.90 Å². The first-order chi connectivity index (χ1) is 7.69. The fourth-order valence-electron chi connectivity index (χ4n) is 1.30. The second kappa shape index (κ2) is 6.12. The number of aromatic hydroxyl groups is 1. The zero-order valence-electron chi connectivity index (χ0n) is 9.53. The van der Waals surface area contributed by atoms with Gasteiger partial charge >= 0.3 is 0 Å². The van der Waals surface area contributed by atoms with Gasteiger partial charge in [-0.2, -0.15) is 0 Å². The predicted octanol–water partition coefficient (Wildman–Crippen LogP) is 2.01. The van der Waals surface area contributed by atoms with Crippen LogP contribution in [0, 0.1) is 0 Å². The number of carbonyl (C=O) groups excluding carboxylic acids is 1. The molecule has 0 fully saturated rings. The van der Waals surface area contributed by atoms with Gasteiger partial charge in [-0.15, -0.1) is 0 Å². The molecule has 1 N–H and O–H groups in total. The molecule has 1 aromatic rings. The lowest BCUT2D eigenvalue weighted by atomic mass is 10.1. The monoisotopic (exact) mass is 224 g/mol. The molecular weight excluding hydrogens is 208 g/mol. The Balaban J connectivity index is 2.68. The molecule has 0 heterocycles. The number of methoxy groups -OCH3 is 1. The van der Waals surface area contributed by atoms with Crippen LogP contribution in [0.2, 0.25) is 0 Å². The minimum absolute atomic E-state index is 0.0215. The van der Waals surface area contributed by atoms with Crippen molar-refractivity contribution in [1.82, 2.24) is 0 Å². The molecule has 0 amide bonds. The highest BCUT2D eigenvalue weighted by atomic mass is 16.5. The van der Waals surface area contributed by atoms with E-state index in [1.54, 1.807) is 6.07 Å². The summed E-state index contributed by atoms with van der Waals surface area (Å²) < 4.78 is 10.0. The third kappa shape index (κ3) is 3.24. The van der Waals surface area contributed by atoms with Gasteiger partial charge in [0.1, 0.15) is 0 Å². The second-order valence-corrected chi connectivity index (χ2v) is 3.26. The Morgan fingerprint density at radius 3 is 2.81 bits per heavy atom. The van der Waals surface area contributed by atoms with Crippen molar-refractivity contribution in [3.8, 4) is 11.5 Å². The van der Waals surface area contributed by atoms with Crippen LogP contribution in [-0.4, -0.2) is 31.2 Å². The van der Waals surface area contributed by atoms with Crippen molar-refractivity contribution in [2.24, 2.45) is 0 Å². The number of ketones is 1. The Morgan fingerprint density at radius 1 is 1.44 bits per heavy atom. The lowest BCUT2D eigenvalue weighted by Gasteiger charge is -2.06. The van der Waals surface area contributed by atoms with Crippen molar-refractivity contribution in [2.75, 3.05) is 20.3 Å². The summed E-state index contributed by atoms with van der Waals surface area (Å²) in [6.07, 6.45) is 0.335. The normalized spacial score (nSPS) is 10.1. The van der Waals surface area contributed by atoms with Gasteiger partial charge in [-0.3, -0.25) is 4.79 Å². The Hall–Kier alpha value is -1.55. The number of benzene rings is 1. The van der Waals surface area contributed by atoms with Crippen molar-refractivity contribution in [1.29, 1.82) is 0 Å². The summed E-state index contributed by atoms with van der Waals surface area (Å²) in [5, 5.41) is 9.37. The van der Waals surface area contributed by atoms with Crippen LogP contribution in [0.5, 0.6) is 11.5 Å². The fraction of sp³-hybridized carbons (Fsp3) is 0.417. The molecule has 0 saturated heterocycles. The van der Waals surface area contributed by atoms with E-state index in [0.29, 0.717) is 30.9 Å². The molecule has 0 saturated carbocycles. The minimum Gasteiger partial charge on any atom is -0.504 e. The van der Waals surface area contributed by atoms with Gasteiger partial charge in [-0.05, 0) is 25.1 Å². The summed E-state index contributed by atoms with van der Waals surface area (Å²) in [7, 11) is 1.45. The van der Waals surface area contributed by atoms with Gasteiger partial charge in [0, 0.05) is 18.6 Å². The summed E-state index contributed by atoms with van der Waals surface area (Å²) in [5.74, 6) is 0.317. The number of hydrogen-bond acceptors (Lipinski definition) is 4. The zero-order chi connectivity index (χ0) is 12.0. The van der Waals surface area contributed by atoms with Gasteiger partial charge in [0.15, 0.2) is 17.3 Å². The maximum atomic E-state index is 11.7. The highest BCUT2D eigenvalue weighted by Gasteiger charge is 2.09. The van der Waals surface area contributed by atoms with E-state index in [2.05, 4.69) is 0 Å². The zero-order valence-corrected chi connectivity index (χ0v) is 9.53. The fourth-order valence-corrected chi connectivity index (χ4v) is 1.30. The molecule has 0 aromatic heterocycles. The molecule has 16 heavy (non-hydrogen) atoms. The van der Waals surface area contributed by atoms with E-state index in [1.807, 2.05) is 6.92 Å². The molecule has 0 atom stereocenters. The first-order valence-electron chi connectivity index (χ1n) is 5.17. The Labute approximate surface area is 94.8 Å². The molecular formula is C12H16O4. The van der Waals surface area contributed by atoms with Crippen LogP contribution < -0.4 is 4.74 Å². The number of hydrogen-bond donors (Lipinski definition) is 1. The van der Waals surface area contributed by atoms with E-state index < -0.39 is 0 Å². The van der Waals surface area contributed by atoms with E-state index in [1.165, 1.54) is 19.2 Å². The Morgan fingerprint density at radius 2 is 2.19 bits per heavy atom. The summed E-state index contributed by atoms with van der Waals surface area (Å²) in [5.41, 5.74) is 0.523. The standard InChI is InChI=1S/C12H16O4/c1-3-16-7-6-10(13)9-4-5-11(14)12(8-9)15-2/h4-5,8,14H,3,6-7H2,1-2H3. The second-order valence-electron chi connectivity index (χ2n) is 3.26. The largest absolute Gasteiger partial charge is 0.504 e. The van der Waals surface area contributed by atoms with Gasteiger partial charge in [0.05, 0.1) is 13.7 Å². The maximum Gasteiger partial charge on any atom is 0.165 e. The molecule has 1 rings (SSSR count). The summed E-state index contributed by atoms with van der Waals surface area (Å²) >= 11 is 0. The first-order valence-corrected chi connectivity index (χ1v) is 5.17. The van der Waals surface area contributed by atoms with Crippen LogP contribution in [0.15, 0.2) is 18.2 Å². The van der Waals surface area contributed by atoms with Crippen LogP contribution in [0.3, 0.4) is 0 Å². The molecule has 4 heteroatoms. The smallest absolute Gasteiger partial charge is 0.165 e. The van der Waals surface area contributed by atoms with Gasteiger partial charge in [0.25, 0.3) is 0 Å². The number of phenols is 1. The third-order valence-corrected chi connectivity index (χ3v) is 2.18. The third-order valence-electron chi connectivity index (χ3n) is 2.18. The molecule has 4 nitrogen and oxygen atoms in total. The maximum absolute atomic E-state index is 11.7. The molecule has 0 aliphatic rings.